The first-order valence-electron chi connectivity index (χ1n) is 5.08. The average Bonchev–Trinajstić information content (AvgIpc) is 2.26. The van der Waals surface area contributed by atoms with Crippen molar-refractivity contribution in [1.29, 1.82) is 0 Å². The molecule has 0 heterocycles. The Kier molecular flexibility index (Phi) is 4.31. The lowest BCUT2D eigenvalue weighted by Gasteiger charge is -2.11. The molecule has 1 atom stereocenters. The summed E-state index contributed by atoms with van der Waals surface area (Å²) in [5.41, 5.74) is 1.05. The highest BCUT2D eigenvalue weighted by Crippen LogP contribution is 2.11. The van der Waals surface area contributed by atoms with Crippen LogP contribution in [-0.2, 0) is 11.3 Å². The normalized spacial score (nSPS) is 12.4. The first-order valence-corrected chi connectivity index (χ1v) is 5.08. The zero-order chi connectivity index (χ0) is 11.3. The van der Waals surface area contributed by atoms with Gasteiger partial charge in [0.15, 0.2) is 0 Å². The van der Waals surface area contributed by atoms with Crippen LogP contribution in [0.1, 0.15) is 36.2 Å². The summed E-state index contributed by atoms with van der Waals surface area (Å²) in [5.74, 6) is -0.904. The lowest BCUT2D eigenvalue weighted by Crippen LogP contribution is -2.09. The molecule has 0 aromatic heterocycles. The number of rotatable bonds is 5. The van der Waals surface area contributed by atoms with Gasteiger partial charge in [0.25, 0.3) is 0 Å². The van der Waals surface area contributed by atoms with Crippen molar-refractivity contribution in [3.63, 3.8) is 0 Å². The molecule has 0 spiro atoms. The molecule has 1 rings (SSSR count). The van der Waals surface area contributed by atoms with Gasteiger partial charge < -0.3 is 9.84 Å². The van der Waals surface area contributed by atoms with Crippen LogP contribution in [0.25, 0.3) is 0 Å². The lowest BCUT2D eigenvalue weighted by atomic mass is 10.1. The predicted octanol–water partition coefficient (Wildman–Crippen LogP) is 2.70. The SMILES string of the molecule is CCC(C)OCc1ccccc1C(=O)O. The molecular formula is C12H16O3. The van der Waals surface area contributed by atoms with Crippen molar-refractivity contribution >= 4 is 5.97 Å². The van der Waals surface area contributed by atoms with Gasteiger partial charge in [0.1, 0.15) is 0 Å². The van der Waals surface area contributed by atoms with Gasteiger partial charge in [-0.15, -0.1) is 0 Å². The van der Waals surface area contributed by atoms with Gasteiger partial charge in [-0.1, -0.05) is 25.1 Å². The summed E-state index contributed by atoms with van der Waals surface area (Å²) >= 11 is 0. The van der Waals surface area contributed by atoms with Crippen molar-refractivity contribution in [2.75, 3.05) is 0 Å². The van der Waals surface area contributed by atoms with E-state index < -0.39 is 5.97 Å². The van der Waals surface area contributed by atoms with E-state index in [4.69, 9.17) is 9.84 Å². The minimum Gasteiger partial charge on any atom is -0.478 e. The molecule has 0 saturated heterocycles. The second kappa shape index (κ2) is 5.51. The number of carboxylic acids is 1. The molecule has 0 aliphatic rings. The fraction of sp³-hybridized carbons (Fsp3) is 0.417. The van der Waals surface area contributed by atoms with Crippen LogP contribution in [0.15, 0.2) is 24.3 Å². The minimum atomic E-state index is -0.904. The summed E-state index contributed by atoms with van der Waals surface area (Å²) in [5, 5.41) is 8.93. The van der Waals surface area contributed by atoms with Gasteiger partial charge in [0, 0.05) is 0 Å². The topological polar surface area (TPSA) is 46.5 Å². The molecule has 3 heteroatoms. The molecule has 0 radical (unpaired) electrons. The highest BCUT2D eigenvalue weighted by Gasteiger charge is 2.09. The Balaban J connectivity index is 2.72. The third-order valence-electron chi connectivity index (χ3n) is 2.35. The minimum absolute atomic E-state index is 0.159. The number of ether oxygens (including phenoxy) is 1. The second-order valence-electron chi connectivity index (χ2n) is 3.49. The van der Waals surface area contributed by atoms with E-state index in [-0.39, 0.29) is 6.10 Å². The number of carboxylic acid groups (broad SMARTS) is 1. The molecule has 1 aromatic carbocycles. The summed E-state index contributed by atoms with van der Waals surface area (Å²) in [7, 11) is 0. The van der Waals surface area contributed by atoms with Crippen molar-refractivity contribution in [2.45, 2.75) is 33.0 Å². The van der Waals surface area contributed by atoms with Crippen LogP contribution in [0.4, 0.5) is 0 Å². The first-order chi connectivity index (χ1) is 7.15. The summed E-state index contributed by atoms with van der Waals surface area (Å²) in [4.78, 5) is 10.9. The fourth-order valence-corrected chi connectivity index (χ4v) is 1.20. The molecule has 0 aliphatic heterocycles. The largest absolute Gasteiger partial charge is 0.478 e. The maximum atomic E-state index is 10.9. The monoisotopic (exact) mass is 208 g/mol. The van der Waals surface area contributed by atoms with Crippen molar-refractivity contribution < 1.29 is 14.6 Å². The van der Waals surface area contributed by atoms with Crippen LogP contribution in [0.2, 0.25) is 0 Å². The Labute approximate surface area is 89.7 Å². The van der Waals surface area contributed by atoms with Crippen molar-refractivity contribution in [2.24, 2.45) is 0 Å². The standard InChI is InChI=1S/C12H16O3/c1-3-9(2)15-8-10-6-4-5-7-11(10)12(13)14/h4-7,9H,3,8H2,1-2H3,(H,13,14). The van der Waals surface area contributed by atoms with Crippen molar-refractivity contribution in [1.82, 2.24) is 0 Å². The Bertz CT molecular complexity index is 333. The zero-order valence-electron chi connectivity index (χ0n) is 9.06. The van der Waals surface area contributed by atoms with E-state index in [1.165, 1.54) is 0 Å². The van der Waals surface area contributed by atoms with E-state index in [0.29, 0.717) is 12.2 Å². The van der Waals surface area contributed by atoms with E-state index >= 15 is 0 Å². The van der Waals surface area contributed by atoms with Gasteiger partial charge in [0.05, 0.1) is 18.3 Å². The Hall–Kier alpha value is -1.35. The highest BCUT2D eigenvalue weighted by molar-refractivity contribution is 5.89. The van der Waals surface area contributed by atoms with E-state index in [9.17, 15) is 4.79 Å². The van der Waals surface area contributed by atoms with Crippen LogP contribution >= 0.6 is 0 Å². The van der Waals surface area contributed by atoms with Crippen LogP contribution < -0.4 is 0 Å². The maximum Gasteiger partial charge on any atom is 0.336 e. The van der Waals surface area contributed by atoms with Gasteiger partial charge in [-0.2, -0.15) is 0 Å². The molecule has 82 valence electrons. The van der Waals surface area contributed by atoms with E-state index in [2.05, 4.69) is 0 Å². The highest BCUT2D eigenvalue weighted by atomic mass is 16.5. The van der Waals surface area contributed by atoms with Crippen molar-refractivity contribution in [3.8, 4) is 0 Å². The molecule has 0 aliphatic carbocycles. The molecule has 0 bridgehead atoms. The summed E-state index contributed by atoms with van der Waals surface area (Å²) < 4.78 is 5.50. The van der Waals surface area contributed by atoms with Gasteiger partial charge in [-0.05, 0) is 25.0 Å². The Morgan fingerprint density at radius 2 is 2.13 bits per heavy atom. The van der Waals surface area contributed by atoms with E-state index in [1.807, 2.05) is 19.9 Å². The Morgan fingerprint density at radius 3 is 2.73 bits per heavy atom. The average molecular weight is 208 g/mol. The smallest absolute Gasteiger partial charge is 0.336 e. The zero-order valence-corrected chi connectivity index (χ0v) is 9.06. The third kappa shape index (κ3) is 3.36. The van der Waals surface area contributed by atoms with E-state index in [0.717, 1.165) is 12.0 Å². The molecule has 0 saturated carbocycles. The van der Waals surface area contributed by atoms with Gasteiger partial charge in [0.2, 0.25) is 0 Å². The number of benzene rings is 1. The quantitative estimate of drug-likeness (QED) is 0.809. The number of hydrogen-bond donors (Lipinski definition) is 1. The predicted molar refractivity (Wildman–Crippen MR) is 57.9 cm³/mol. The van der Waals surface area contributed by atoms with E-state index in [1.54, 1.807) is 18.2 Å². The molecule has 3 nitrogen and oxygen atoms in total. The van der Waals surface area contributed by atoms with Crippen LogP contribution in [0.3, 0.4) is 0 Å². The molecule has 1 N–H and O–H groups in total. The van der Waals surface area contributed by atoms with Crippen LogP contribution in [0.5, 0.6) is 0 Å². The Morgan fingerprint density at radius 1 is 1.47 bits per heavy atom. The van der Waals surface area contributed by atoms with Gasteiger partial charge in [-0.25, -0.2) is 4.79 Å². The first kappa shape index (κ1) is 11.7. The molecule has 0 amide bonds. The fourth-order valence-electron chi connectivity index (χ4n) is 1.20. The lowest BCUT2D eigenvalue weighted by molar-refractivity contribution is 0.0488. The molecule has 1 unspecified atom stereocenters. The molecule has 0 fully saturated rings. The number of hydrogen-bond acceptors (Lipinski definition) is 2. The van der Waals surface area contributed by atoms with Gasteiger partial charge in [-0.3, -0.25) is 0 Å². The molecular weight excluding hydrogens is 192 g/mol. The third-order valence-corrected chi connectivity index (χ3v) is 2.35. The van der Waals surface area contributed by atoms with Crippen molar-refractivity contribution in [3.05, 3.63) is 35.4 Å². The molecule has 15 heavy (non-hydrogen) atoms. The number of carbonyl (C=O) groups is 1. The van der Waals surface area contributed by atoms with Crippen LogP contribution in [-0.4, -0.2) is 17.2 Å². The summed E-state index contributed by atoms with van der Waals surface area (Å²) in [6.45, 7) is 4.37. The second-order valence-corrected chi connectivity index (χ2v) is 3.49. The summed E-state index contributed by atoms with van der Waals surface area (Å²) in [6.07, 6.45) is 1.08. The summed E-state index contributed by atoms with van der Waals surface area (Å²) in [6, 6.07) is 6.92. The maximum absolute atomic E-state index is 10.9. The van der Waals surface area contributed by atoms with Crippen LogP contribution in [0, 0.1) is 0 Å². The molecule has 1 aromatic rings. The van der Waals surface area contributed by atoms with Gasteiger partial charge >= 0.3 is 5.97 Å². The number of aromatic carboxylic acids is 1.